The van der Waals surface area contributed by atoms with Crippen LogP contribution in [0.25, 0.3) is 22.1 Å². The summed E-state index contributed by atoms with van der Waals surface area (Å²) >= 11 is 0. The molecule has 0 atom stereocenters. The number of fused-ring (bicyclic) bond motifs is 2. The van der Waals surface area contributed by atoms with Gasteiger partial charge in [0.2, 0.25) is 0 Å². The van der Waals surface area contributed by atoms with Crippen molar-refractivity contribution in [3.8, 4) is 22.6 Å². The van der Waals surface area contributed by atoms with E-state index in [1.165, 1.54) is 26.4 Å². The number of rotatable bonds is 7. The lowest BCUT2D eigenvalue weighted by molar-refractivity contribution is -0.141. The average molecular weight is 503 g/mol. The highest BCUT2D eigenvalue weighted by Crippen LogP contribution is 2.38. The molecule has 1 saturated heterocycles. The molecule has 0 unspecified atom stereocenters. The van der Waals surface area contributed by atoms with Crippen LogP contribution in [-0.2, 0) is 6.42 Å². The third kappa shape index (κ3) is 5.16. The zero-order valence-corrected chi connectivity index (χ0v) is 20.2. The van der Waals surface area contributed by atoms with Crippen LogP contribution in [0.3, 0.4) is 0 Å². The fourth-order valence-corrected chi connectivity index (χ4v) is 5.11. The first kappa shape index (κ1) is 24.5. The second-order valence-electron chi connectivity index (χ2n) is 9.36. The predicted octanol–water partition coefficient (Wildman–Crippen LogP) is 5.53. The Morgan fingerprint density at radius 3 is 2.61 bits per heavy atom. The maximum atomic E-state index is 12.9. The molecule has 0 saturated carbocycles. The Morgan fingerprint density at radius 1 is 1.06 bits per heavy atom. The molecule has 0 radical (unpaired) electrons. The number of furan rings is 1. The van der Waals surface area contributed by atoms with Gasteiger partial charge in [-0.3, -0.25) is 9.69 Å². The van der Waals surface area contributed by atoms with Gasteiger partial charge in [-0.2, -0.15) is 13.2 Å². The minimum Gasteiger partial charge on any atom is -0.496 e. The minimum atomic E-state index is -4.45. The maximum absolute atomic E-state index is 12.9. The van der Waals surface area contributed by atoms with Gasteiger partial charge in [-0.1, -0.05) is 6.42 Å². The van der Waals surface area contributed by atoms with E-state index in [2.05, 4.69) is 4.90 Å². The normalized spacial score (nSPS) is 16.9. The summed E-state index contributed by atoms with van der Waals surface area (Å²) in [6.45, 7) is 2.49. The van der Waals surface area contributed by atoms with Crippen molar-refractivity contribution in [2.75, 3.05) is 46.4 Å². The lowest BCUT2D eigenvalue weighted by Crippen LogP contribution is -2.43. The van der Waals surface area contributed by atoms with Gasteiger partial charge < -0.3 is 18.8 Å². The third-order valence-electron chi connectivity index (χ3n) is 6.91. The second-order valence-corrected chi connectivity index (χ2v) is 9.36. The molecule has 1 fully saturated rings. The fourth-order valence-electron chi connectivity index (χ4n) is 5.11. The Balaban J connectivity index is 1.36. The largest absolute Gasteiger partial charge is 0.496 e. The van der Waals surface area contributed by atoms with E-state index in [0.29, 0.717) is 24.2 Å². The molecule has 9 heteroatoms. The van der Waals surface area contributed by atoms with Crippen LogP contribution in [0.4, 0.5) is 13.2 Å². The molecule has 1 aromatic heterocycles. The first-order chi connectivity index (χ1) is 17.3. The maximum Gasteiger partial charge on any atom is 0.406 e. The lowest BCUT2D eigenvalue weighted by Gasteiger charge is -2.30. The number of benzene rings is 2. The Morgan fingerprint density at radius 2 is 1.86 bits per heavy atom. The Bertz CT molecular complexity index is 1230. The predicted molar refractivity (Wildman–Crippen MR) is 130 cm³/mol. The summed E-state index contributed by atoms with van der Waals surface area (Å²) in [5.74, 6) is 0.325. The van der Waals surface area contributed by atoms with Crippen molar-refractivity contribution in [1.82, 2.24) is 9.80 Å². The van der Waals surface area contributed by atoms with E-state index in [1.54, 1.807) is 12.3 Å². The molecule has 3 heterocycles. The molecular formula is C27H29F3N2O4. The fraction of sp³-hybridized carbons (Fsp3) is 0.444. The molecule has 36 heavy (non-hydrogen) atoms. The highest BCUT2D eigenvalue weighted by molar-refractivity contribution is 6.02. The van der Waals surface area contributed by atoms with E-state index in [4.69, 9.17) is 13.9 Å². The molecule has 2 aromatic carbocycles. The number of alkyl halides is 3. The summed E-state index contributed by atoms with van der Waals surface area (Å²) in [5, 5.41) is 0.876. The quantitative estimate of drug-likeness (QED) is 0.425. The van der Waals surface area contributed by atoms with Gasteiger partial charge in [0.15, 0.2) is 0 Å². The number of hydrogen-bond donors (Lipinski definition) is 0. The van der Waals surface area contributed by atoms with Gasteiger partial charge in [0.1, 0.15) is 30.2 Å². The second kappa shape index (κ2) is 10.0. The first-order valence-electron chi connectivity index (χ1n) is 12.3. The first-order valence-corrected chi connectivity index (χ1v) is 12.3. The number of amides is 1. The van der Waals surface area contributed by atoms with E-state index < -0.39 is 18.6 Å². The topological polar surface area (TPSA) is 55.2 Å². The van der Waals surface area contributed by atoms with Crippen LogP contribution in [0.1, 0.15) is 35.2 Å². The summed E-state index contributed by atoms with van der Waals surface area (Å²) in [6.07, 6.45) is 1.29. The highest BCUT2D eigenvalue weighted by Gasteiger charge is 2.37. The molecule has 2 aliphatic rings. The summed E-state index contributed by atoms with van der Waals surface area (Å²) in [6, 6.07) is 9.23. The van der Waals surface area contributed by atoms with E-state index in [0.717, 1.165) is 46.8 Å². The number of ether oxygens (including phenoxy) is 2. The van der Waals surface area contributed by atoms with Gasteiger partial charge in [0.05, 0.1) is 18.9 Å². The van der Waals surface area contributed by atoms with Crippen molar-refractivity contribution in [3.05, 3.63) is 47.7 Å². The average Bonchev–Trinajstić information content (AvgIpc) is 3.28. The van der Waals surface area contributed by atoms with Crippen molar-refractivity contribution in [2.45, 2.75) is 31.9 Å². The van der Waals surface area contributed by atoms with Gasteiger partial charge in [0.25, 0.3) is 5.91 Å². The van der Waals surface area contributed by atoms with Crippen LogP contribution in [0, 0.1) is 0 Å². The molecule has 6 nitrogen and oxygen atoms in total. The number of hydrogen-bond acceptors (Lipinski definition) is 5. The van der Waals surface area contributed by atoms with E-state index in [9.17, 15) is 18.0 Å². The summed E-state index contributed by atoms with van der Waals surface area (Å²) in [4.78, 5) is 16.1. The molecule has 0 N–H and O–H groups in total. The summed E-state index contributed by atoms with van der Waals surface area (Å²) in [5.41, 5.74) is 3.12. The number of likely N-dealkylation sites (tertiary alicyclic amines) is 1. The Kier molecular flexibility index (Phi) is 6.83. The van der Waals surface area contributed by atoms with E-state index in [-0.39, 0.29) is 17.9 Å². The zero-order valence-electron chi connectivity index (χ0n) is 20.2. The van der Waals surface area contributed by atoms with Crippen LogP contribution < -0.4 is 9.47 Å². The monoisotopic (exact) mass is 502 g/mol. The van der Waals surface area contributed by atoms with Crippen LogP contribution in [-0.4, -0.2) is 68.3 Å². The van der Waals surface area contributed by atoms with Crippen molar-refractivity contribution in [2.24, 2.45) is 0 Å². The van der Waals surface area contributed by atoms with Gasteiger partial charge in [0, 0.05) is 30.1 Å². The number of nitrogens with zero attached hydrogens (tertiary/aromatic N) is 2. The standard InChI is InChI=1S/C27H29F3N2O4/c1-34-24-14-19(13-18-7-10-32(17-27(28,29)30)26(33)25(18)24)22-16-36-23-15-20(5-6-21(22)23)35-12-11-31-8-3-2-4-9-31/h5-6,13-16H,2-4,7-12,17H2,1H3. The number of carbonyl (C=O) groups excluding carboxylic acids is 1. The van der Waals surface area contributed by atoms with Gasteiger partial charge >= 0.3 is 6.18 Å². The molecule has 0 bridgehead atoms. The van der Waals surface area contributed by atoms with Crippen molar-refractivity contribution >= 4 is 16.9 Å². The minimum absolute atomic E-state index is 0.00220. The van der Waals surface area contributed by atoms with Gasteiger partial charge in [-0.15, -0.1) is 0 Å². The van der Waals surface area contributed by atoms with Crippen LogP contribution >= 0.6 is 0 Å². The molecule has 2 aliphatic heterocycles. The molecule has 3 aromatic rings. The molecule has 1 amide bonds. The van der Waals surface area contributed by atoms with Crippen molar-refractivity contribution in [3.63, 3.8) is 0 Å². The van der Waals surface area contributed by atoms with Crippen LogP contribution in [0.5, 0.6) is 11.5 Å². The smallest absolute Gasteiger partial charge is 0.406 e. The third-order valence-corrected chi connectivity index (χ3v) is 6.91. The molecule has 0 aliphatic carbocycles. The molecule has 192 valence electrons. The number of halogens is 3. The number of methoxy groups -OCH3 is 1. The zero-order chi connectivity index (χ0) is 25.3. The number of piperidine rings is 1. The summed E-state index contributed by atoms with van der Waals surface area (Å²) < 4.78 is 55.9. The lowest BCUT2D eigenvalue weighted by atomic mass is 9.92. The summed E-state index contributed by atoms with van der Waals surface area (Å²) in [7, 11) is 1.41. The number of carbonyl (C=O) groups is 1. The Hall–Kier alpha value is -3.20. The van der Waals surface area contributed by atoms with Gasteiger partial charge in [-0.25, -0.2) is 0 Å². The molecular weight excluding hydrogens is 473 g/mol. The van der Waals surface area contributed by atoms with Crippen LogP contribution in [0.15, 0.2) is 41.0 Å². The SMILES string of the molecule is COc1cc(-c2coc3cc(OCCN4CCCCC4)ccc23)cc2c1C(=O)N(CC(F)(F)F)CC2. The van der Waals surface area contributed by atoms with Gasteiger partial charge in [-0.05, 0) is 67.7 Å². The Labute approximate surface area is 207 Å². The highest BCUT2D eigenvalue weighted by atomic mass is 19.4. The van der Waals surface area contributed by atoms with E-state index >= 15 is 0 Å². The molecule has 0 spiro atoms. The van der Waals surface area contributed by atoms with Crippen molar-refractivity contribution in [1.29, 1.82) is 0 Å². The van der Waals surface area contributed by atoms with E-state index in [1.807, 2.05) is 24.3 Å². The molecule has 5 rings (SSSR count). The van der Waals surface area contributed by atoms with Crippen molar-refractivity contribution < 1.29 is 31.9 Å². The van der Waals surface area contributed by atoms with Crippen LogP contribution in [0.2, 0.25) is 0 Å².